The summed E-state index contributed by atoms with van der Waals surface area (Å²) in [7, 11) is 2.08. The summed E-state index contributed by atoms with van der Waals surface area (Å²) in [6, 6.07) is 10.2. The van der Waals surface area contributed by atoms with Crippen LogP contribution < -0.4 is 15.5 Å². The Bertz CT molecular complexity index is 813. The van der Waals surface area contributed by atoms with Crippen molar-refractivity contribution in [1.82, 2.24) is 15.2 Å². The lowest BCUT2D eigenvalue weighted by molar-refractivity contribution is 0.236. The van der Waals surface area contributed by atoms with Crippen LogP contribution in [0.2, 0.25) is 0 Å². The van der Waals surface area contributed by atoms with Gasteiger partial charge in [-0.2, -0.15) is 10.1 Å². The minimum Gasteiger partial charge on any atom is -0.474 e. The van der Waals surface area contributed by atoms with E-state index in [2.05, 4.69) is 46.5 Å². The normalized spacial score (nSPS) is 11.1. The fourth-order valence-corrected chi connectivity index (χ4v) is 2.34. The number of hydrogen-bond donors (Lipinski definition) is 2. The molecule has 0 saturated carbocycles. The molecule has 0 amide bonds. The second-order valence-electron chi connectivity index (χ2n) is 5.77. The summed E-state index contributed by atoms with van der Waals surface area (Å²) in [5.41, 5.74) is 2.20. The largest absolute Gasteiger partial charge is 0.474 e. The topological polar surface area (TPSA) is 62.8 Å². The molecular formula is C16H19BN4O. The van der Waals surface area contributed by atoms with Gasteiger partial charge in [0, 0.05) is 17.1 Å². The molecule has 0 spiro atoms. The number of nitrogens with one attached hydrogen (secondary N) is 2. The van der Waals surface area contributed by atoms with Crippen molar-refractivity contribution < 1.29 is 4.74 Å². The first kappa shape index (κ1) is 14.4. The lowest BCUT2D eigenvalue weighted by Gasteiger charge is -2.14. The van der Waals surface area contributed by atoms with E-state index in [0.29, 0.717) is 5.88 Å². The Labute approximate surface area is 130 Å². The number of nitrogens with zero attached hydrogens (tertiary/aromatic N) is 2. The Morgan fingerprint density at radius 2 is 2.00 bits per heavy atom. The van der Waals surface area contributed by atoms with Crippen molar-refractivity contribution >= 4 is 35.7 Å². The van der Waals surface area contributed by atoms with Crippen LogP contribution in [0, 0.1) is 6.92 Å². The Balaban J connectivity index is 2.06. The number of pyridine rings is 1. The second kappa shape index (κ2) is 5.71. The first-order chi connectivity index (χ1) is 10.5. The number of aromatic amines is 1. The highest BCUT2D eigenvalue weighted by atomic mass is 16.5. The van der Waals surface area contributed by atoms with Crippen LogP contribution in [0.3, 0.4) is 0 Å². The molecule has 0 bridgehead atoms. The van der Waals surface area contributed by atoms with Crippen LogP contribution in [-0.4, -0.2) is 29.1 Å². The van der Waals surface area contributed by atoms with Gasteiger partial charge in [0.15, 0.2) is 5.82 Å². The van der Waals surface area contributed by atoms with Gasteiger partial charge in [0.25, 0.3) is 0 Å². The summed E-state index contributed by atoms with van der Waals surface area (Å²) in [5.74, 6) is 2.11. The molecule has 0 unspecified atom stereocenters. The number of aryl methyl sites for hydroxylation is 1. The van der Waals surface area contributed by atoms with Gasteiger partial charge in [-0.05, 0) is 38.3 Å². The van der Waals surface area contributed by atoms with Crippen molar-refractivity contribution in [1.29, 1.82) is 0 Å². The zero-order chi connectivity index (χ0) is 15.7. The van der Waals surface area contributed by atoms with E-state index in [1.54, 1.807) is 0 Å². The SMILES string of the molecule is Bc1ccc2c(OC(C)C)nc(Nc3cc(C)[nH]n3)cc2c1. The van der Waals surface area contributed by atoms with Crippen LogP contribution in [-0.2, 0) is 0 Å². The van der Waals surface area contributed by atoms with Crippen molar-refractivity contribution in [2.45, 2.75) is 26.9 Å². The predicted molar refractivity (Wildman–Crippen MR) is 92.3 cm³/mol. The smallest absolute Gasteiger partial charge is 0.223 e. The van der Waals surface area contributed by atoms with Gasteiger partial charge in [-0.3, -0.25) is 5.10 Å². The molecule has 2 N–H and O–H groups in total. The van der Waals surface area contributed by atoms with Gasteiger partial charge >= 0.3 is 0 Å². The second-order valence-corrected chi connectivity index (χ2v) is 5.77. The molecule has 3 aromatic rings. The average molecular weight is 294 g/mol. The molecule has 0 radical (unpaired) electrons. The maximum absolute atomic E-state index is 5.87. The monoisotopic (exact) mass is 294 g/mol. The standard InChI is InChI=1S/C16H19BN4O/c1-9(2)22-16-13-5-4-12(17)7-11(13)8-14(19-16)18-15-6-10(3)20-21-15/h4-9H,17H2,1-3H3,(H2,18,19,20,21). The van der Waals surface area contributed by atoms with Crippen LogP contribution in [0.5, 0.6) is 5.88 Å². The van der Waals surface area contributed by atoms with Gasteiger partial charge in [-0.15, -0.1) is 0 Å². The molecule has 6 heteroatoms. The van der Waals surface area contributed by atoms with Crippen LogP contribution in [0.1, 0.15) is 19.5 Å². The van der Waals surface area contributed by atoms with E-state index in [0.717, 1.165) is 28.1 Å². The highest BCUT2D eigenvalue weighted by molar-refractivity contribution is 6.33. The third-order valence-electron chi connectivity index (χ3n) is 3.26. The van der Waals surface area contributed by atoms with Gasteiger partial charge < -0.3 is 10.1 Å². The summed E-state index contributed by atoms with van der Waals surface area (Å²) in [5, 5.41) is 12.4. The Hall–Kier alpha value is -2.50. The molecule has 2 heterocycles. The number of rotatable bonds is 4. The molecule has 0 aliphatic carbocycles. The van der Waals surface area contributed by atoms with Gasteiger partial charge in [-0.25, -0.2) is 0 Å². The van der Waals surface area contributed by atoms with Crippen molar-refractivity contribution in [3.05, 3.63) is 36.0 Å². The third kappa shape index (κ3) is 3.06. The van der Waals surface area contributed by atoms with Crippen LogP contribution in [0.4, 0.5) is 11.6 Å². The summed E-state index contributed by atoms with van der Waals surface area (Å²) >= 11 is 0. The van der Waals surface area contributed by atoms with E-state index >= 15 is 0 Å². The number of aromatic nitrogens is 3. The molecule has 1 aromatic carbocycles. The lowest BCUT2D eigenvalue weighted by Crippen LogP contribution is -2.09. The van der Waals surface area contributed by atoms with Crippen molar-refractivity contribution in [2.75, 3.05) is 5.32 Å². The molecule has 2 aromatic heterocycles. The van der Waals surface area contributed by atoms with E-state index < -0.39 is 0 Å². The minimum atomic E-state index is 0.0693. The molecule has 0 atom stereocenters. The minimum absolute atomic E-state index is 0.0693. The molecule has 0 aliphatic heterocycles. The van der Waals surface area contributed by atoms with Crippen molar-refractivity contribution in [2.24, 2.45) is 0 Å². The lowest BCUT2D eigenvalue weighted by atomic mass is 9.94. The Morgan fingerprint density at radius 3 is 2.68 bits per heavy atom. The number of fused-ring (bicyclic) bond motifs is 1. The van der Waals surface area contributed by atoms with E-state index in [1.807, 2.05) is 32.9 Å². The van der Waals surface area contributed by atoms with E-state index in [1.165, 1.54) is 5.46 Å². The van der Waals surface area contributed by atoms with Crippen LogP contribution in [0.15, 0.2) is 30.3 Å². The van der Waals surface area contributed by atoms with E-state index in [9.17, 15) is 0 Å². The number of H-pyrrole nitrogens is 1. The van der Waals surface area contributed by atoms with Crippen molar-refractivity contribution in [3.63, 3.8) is 0 Å². The fraction of sp³-hybridized carbons (Fsp3) is 0.250. The molecular weight excluding hydrogens is 275 g/mol. The number of hydrogen-bond acceptors (Lipinski definition) is 4. The first-order valence-electron chi connectivity index (χ1n) is 7.38. The highest BCUT2D eigenvalue weighted by Crippen LogP contribution is 2.28. The predicted octanol–water partition coefficient (Wildman–Crippen LogP) is 2.06. The quantitative estimate of drug-likeness (QED) is 0.723. The van der Waals surface area contributed by atoms with Crippen LogP contribution in [0.25, 0.3) is 10.8 Å². The van der Waals surface area contributed by atoms with Gasteiger partial charge in [0.1, 0.15) is 13.7 Å². The number of benzene rings is 1. The van der Waals surface area contributed by atoms with Crippen LogP contribution >= 0.6 is 0 Å². The van der Waals surface area contributed by atoms with Gasteiger partial charge in [0.2, 0.25) is 5.88 Å². The zero-order valence-corrected chi connectivity index (χ0v) is 13.3. The molecule has 5 nitrogen and oxygen atoms in total. The first-order valence-corrected chi connectivity index (χ1v) is 7.38. The van der Waals surface area contributed by atoms with Gasteiger partial charge in [0.05, 0.1) is 6.10 Å². The maximum Gasteiger partial charge on any atom is 0.223 e. The zero-order valence-electron chi connectivity index (χ0n) is 13.3. The summed E-state index contributed by atoms with van der Waals surface area (Å²) < 4.78 is 5.87. The van der Waals surface area contributed by atoms with Gasteiger partial charge in [-0.1, -0.05) is 17.6 Å². The summed E-state index contributed by atoms with van der Waals surface area (Å²) in [6.07, 6.45) is 0.0693. The molecule has 0 aliphatic rings. The fourth-order valence-electron chi connectivity index (χ4n) is 2.34. The maximum atomic E-state index is 5.87. The number of ether oxygens (including phenoxy) is 1. The Morgan fingerprint density at radius 1 is 1.18 bits per heavy atom. The molecule has 3 rings (SSSR count). The van der Waals surface area contributed by atoms with Crippen molar-refractivity contribution in [3.8, 4) is 5.88 Å². The highest BCUT2D eigenvalue weighted by Gasteiger charge is 2.10. The molecule has 22 heavy (non-hydrogen) atoms. The Kier molecular flexibility index (Phi) is 3.75. The number of anilines is 2. The average Bonchev–Trinajstić information content (AvgIpc) is 2.82. The third-order valence-corrected chi connectivity index (χ3v) is 3.26. The molecule has 0 fully saturated rings. The summed E-state index contributed by atoms with van der Waals surface area (Å²) in [4.78, 5) is 4.59. The molecule has 0 saturated heterocycles. The summed E-state index contributed by atoms with van der Waals surface area (Å²) in [6.45, 7) is 5.96. The van der Waals surface area contributed by atoms with E-state index in [-0.39, 0.29) is 6.10 Å². The van der Waals surface area contributed by atoms with E-state index in [4.69, 9.17) is 4.74 Å². The molecule has 112 valence electrons.